The summed E-state index contributed by atoms with van der Waals surface area (Å²) in [5.41, 5.74) is 8.73. The smallest absolute Gasteiger partial charge is 0.255 e. The zero-order chi connectivity index (χ0) is 23.8. The summed E-state index contributed by atoms with van der Waals surface area (Å²) in [6, 6.07) is 13.3. The molecule has 1 unspecified atom stereocenters. The number of nitrogens with zero attached hydrogens (tertiary/aromatic N) is 3. The van der Waals surface area contributed by atoms with Crippen LogP contribution in [0.2, 0.25) is 0 Å². The summed E-state index contributed by atoms with van der Waals surface area (Å²) >= 11 is 1.52. The van der Waals surface area contributed by atoms with Crippen LogP contribution in [0.15, 0.2) is 42.5 Å². The van der Waals surface area contributed by atoms with Crippen molar-refractivity contribution in [1.82, 2.24) is 14.8 Å². The Hall–Kier alpha value is -3.92. The quantitative estimate of drug-likeness (QED) is 0.420. The molecule has 1 aliphatic rings. The van der Waals surface area contributed by atoms with Gasteiger partial charge in [0.25, 0.3) is 5.91 Å². The van der Waals surface area contributed by atoms with Crippen LogP contribution in [0.25, 0.3) is 15.3 Å². The molecule has 174 valence electrons. The summed E-state index contributed by atoms with van der Waals surface area (Å²) in [4.78, 5) is 28.6. The molecular weight excluding hydrogens is 454 g/mol. The number of nitrogens with one attached hydrogen (secondary N) is 1. The highest BCUT2D eigenvalue weighted by molar-refractivity contribution is 7.20. The number of fused-ring (bicyclic) bond motifs is 2. The highest BCUT2D eigenvalue weighted by Gasteiger charge is 2.33. The van der Waals surface area contributed by atoms with Crippen LogP contribution in [0.1, 0.15) is 36.1 Å². The Kier molecular flexibility index (Phi) is 5.66. The van der Waals surface area contributed by atoms with Gasteiger partial charge in [0.1, 0.15) is 5.82 Å². The zero-order valence-corrected chi connectivity index (χ0v) is 19.5. The van der Waals surface area contributed by atoms with Crippen LogP contribution in [0.3, 0.4) is 0 Å². The van der Waals surface area contributed by atoms with E-state index in [1.54, 1.807) is 10.7 Å². The molecule has 3 N–H and O–H groups in total. The minimum absolute atomic E-state index is 0.105. The number of ether oxygens (including phenoxy) is 2. The van der Waals surface area contributed by atoms with Gasteiger partial charge in [0, 0.05) is 17.9 Å². The first-order chi connectivity index (χ1) is 16.4. The third-order valence-corrected chi connectivity index (χ3v) is 6.62. The SMILES string of the molecule is CCOc1cc(C2CC(=O)Nc3c2c(C)nn3-c2nc3ccccc3s2)ccc1OCC(N)=O. The van der Waals surface area contributed by atoms with Crippen LogP contribution >= 0.6 is 11.3 Å². The van der Waals surface area contributed by atoms with Crippen molar-refractivity contribution in [3.05, 3.63) is 59.3 Å². The number of anilines is 1. The average Bonchev–Trinajstić information content (AvgIpc) is 3.38. The van der Waals surface area contributed by atoms with E-state index in [-0.39, 0.29) is 24.9 Å². The molecule has 4 aromatic rings. The molecule has 9 nitrogen and oxygen atoms in total. The molecular formula is C24H23N5O4S. The molecule has 0 bridgehead atoms. The Morgan fingerprint density at radius 2 is 2.06 bits per heavy atom. The van der Waals surface area contributed by atoms with Gasteiger partial charge in [0.15, 0.2) is 18.1 Å². The lowest BCUT2D eigenvalue weighted by molar-refractivity contribution is -0.120. The number of carbonyl (C=O) groups is 2. The molecule has 0 aliphatic carbocycles. The van der Waals surface area contributed by atoms with Gasteiger partial charge >= 0.3 is 0 Å². The van der Waals surface area contributed by atoms with Crippen LogP contribution in [0.4, 0.5) is 5.82 Å². The lowest BCUT2D eigenvalue weighted by atomic mass is 9.85. The number of primary amides is 1. The number of aromatic nitrogens is 3. The second-order valence-electron chi connectivity index (χ2n) is 7.92. The first-order valence-electron chi connectivity index (χ1n) is 10.9. The van der Waals surface area contributed by atoms with Gasteiger partial charge < -0.3 is 20.5 Å². The number of carbonyl (C=O) groups excluding carboxylic acids is 2. The van der Waals surface area contributed by atoms with E-state index in [1.807, 2.05) is 50.2 Å². The number of thiazole rings is 1. The van der Waals surface area contributed by atoms with Crippen molar-refractivity contribution in [3.8, 4) is 16.6 Å². The Morgan fingerprint density at radius 1 is 1.24 bits per heavy atom. The molecule has 2 aromatic heterocycles. The standard InChI is InChI=1S/C24H23N5O4S/c1-3-32-18-10-14(8-9-17(18)33-12-20(25)30)15-11-21(31)27-23-22(15)13(2)28-29(23)24-26-16-6-4-5-7-19(16)34-24/h4-10,15H,3,11-12H2,1-2H3,(H2,25,30)(H,27,31). The minimum atomic E-state index is -0.571. The van der Waals surface area contributed by atoms with Crippen molar-refractivity contribution in [2.45, 2.75) is 26.2 Å². The molecule has 0 fully saturated rings. The second kappa shape index (κ2) is 8.79. The van der Waals surface area contributed by atoms with Crippen LogP contribution in [0.5, 0.6) is 11.5 Å². The minimum Gasteiger partial charge on any atom is -0.490 e. The van der Waals surface area contributed by atoms with E-state index in [9.17, 15) is 9.59 Å². The van der Waals surface area contributed by atoms with Crippen LogP contribution < -0.4 is 20.5 Å². The van der Waals surface area contributed by atoms with E-state index in [2.05, 4.69) is 5.32 Å². The molecule has 0 saturated carbocycles. The van der Waals surface area contributed by atoms with Crippen molar-refractivity contribution in [2.24, 2.45) is 5.73 Å². The van der Waals surface area contributed by atoms with Crippen molar-refractivity contribution in [2.75, 3.05) is 18.5 Å². The van der Waals surface area contributed by atoms with E-state index in [0.717, 1.165) is 27.0 Å². The third kappa shape index (κ3) is 3.96. The van der Waals surface area contributed by atoms with E-state index < -0.39 is 5.91 Å². The fourth-order valence-electron chi connectivity index (χ4n) is 4.20. The third-order valence-electron chi connectivity index (χ3n) is 5.61. The first kappa shape index (κ1) is 21.9. The Bertz CT molecular complexity index is 1380. The van der Waals surface area contributed by atoms with Crippen molar-refractivity contribution >= 4 is 39.2 Å². The molecule has 0 radical (unpaired) electrons. The van der Waals surface area contributed by atoms with Gasteiger partial charge in [0.2, 0.25) is 11.0 Å². The summed E-state index contributed by atoms with van der Waals surface area (Å²) in [5, 5.41) is 8.42. The van der Waals surface area contributed by atoms with Gasteiger partial charge in [-0.15, -0.1) is 0 Å². The topological polar surface area (TPSA) is 121 Å². The number of amides is 2. The molecule has 0 saturated heterocycles. The molecule has 1 atom stereocenters. The largest absolute Gasteiger partial charge is 0.490 e. The van der Waals surface area contributed by atoms with E-state index in [1.165, 1.54) is 11.3 Å². The van der Waals surface area contributed by atoms with E-state index in [4.69, 9.17) is 25.3 Å². The van der Waals surface area contributed by atoms with E-state index >= 15 is 0 Å². The summed E-state index contributed by atoms with van der Waals surface area (Å²) in [6.45, 7) is 3.97. The molecule has 1 aliphatic heterocycles. The van der Waals surface area contributed by atoms with Crippen molar-refractivity contribution in [1.29, 1.82) is 0 Å². The summed E-state index contributed by atoms with van der Waals surface area (Å²) in [5.74, 6) is 0.641. The Morgan fingerprint density at radius 3 is 2.82 bits per heavy atom. The molecule has 2 amide bonds. The first-order valence-corrected chi connectivity index (χ1v) is 11.7. The Balaban J connectivity index is 1.57. The van der Waals surface area contributed by atoms with Gasteiger partial charge in [-0.1, -0.05) is 29.5 Å². The molecule has 2 aromatic carbocycles. The monoisotopic (exact) mass is 477 g/mol. The van der Waals surface area contributed by atoms with Gasteiger partial charge in [-0.05, 0) is 43.7 Å². The maximum atomic E-state index is 12.8. The maximum absolute atomic E-state index is 12.8. The van der Waals surface area contributed by atoms with Gasteiger partial charge in [-0.3, -0.25) is 9.59 Å². The number of nitrogens with two attached hydrogens (primary N) is 1. The van der Waals surface area contributed by atoms with Crippen LogP contribution in [-0.4, -0.2) is 39.8 Å². The second-order valence-corrected chi connectivity index (χ2v) is 8.93. The lowest BCUT2D eigenvalue weighted by Crippen LogP contribution is -2.25. The molecule has 0 spiro atoms. The summed E-state index contributed by atoms with van der Waals surface area (Å²) in [6.07, 6.45) is 0.270. The molecule has 10 heteroatoms. The average molecular weight is 478 g/mol. The number of hydrogen-bond acceptors (Lipinski definition) is 7. The summed E-state index contributed by atoms with van der Waals surface area (Å²) in [7, 11) is 0. The fraction of sp³-hybridized carbons (Fsp3) is 0.250. The van der Waals surface area contributed by atoms with Gasteiger partial charge in [0.05, 0.1) is 22.5 Å². The lowest BCUT2D eigenvalue weighted by Gasteiger charge is -2.25. The molecule has 5 rings (SSSR count). The van der Waals surface area contributed by atoms with Crippen molar-refractivity contribution < 1.29 is 19.1 Å². The van der Waals surface area contributed by atoms with Crippen molar-refractivity contribution in [3.63, 3.8) is 0 Å². The summed E-state index contributed by atoms with van der Waals surface area (Å²) < 4.78 is 14.0. The van der Waals surface area contributed by atoms with Gasteiger partial charge in [-0.25, -0.2) is 4.98 Å². The highest BCUT2D eigenvalue weighted by Crippen LogP contribution is 2.43. The van der Waals surface area contributed by atoms with Crippen LogP contribution in [0, 0.1) is 6.92 Å². The molecule has 34 heavy (non-hydrogen) atoms. The predicted molar refractivity (Wildman–Crippen MR) is 129 cm³/mol. The predicted octanol–water partition coefficient (Wildman–Crippen LogP) is 3.53. The number of benzene rings is 2. The van der Waals surface area contributed by atoms with Gasteiger partial charge in [-0.2, -0.15) is 9.78 Å². The number of aryl methyl sites for hydroxylation is 1. The highest BCUT2D eigenvalue weighted by atomic mass is 32.1. The number of hydrogen-bond donors (Lipinski definition) is 2. The fourth-order valence-corrected chi connectivity index (χ4v) is 5.12. The zero-order valence-electron chi connectivity index (χ0n) is 18.7. The normalized spacial score (nSPS) is 15.1. The molecule has 3 heterocycles. The maximum Gasteiger partial charge on any atom is 0.255 e. The Labute approximate surface area is 199 Å². The number of rotatable bonds is 7. The number of para-hydroxylation sites is 1. The van der Waals surface area contributed by atoms with E-state index in [0.29, 0.717) is 29.1 Å². The van der Waals surface area contributed by atoms with Crippen LogP contribution in [-0.2, 0) is 9.59 Å².